The van der Waals surface area contributed by atoms with Gasteiger partial charge in [-0.2, -0.15) is 0 Å². The summed E-state index contributed by atoms with van der Waals surface area (Å²) < 4.78 is 30.0. The predicted molar refractivity (Wildman–Crippen MR) is 114 cm³/mol. The Hall–Kier alpha value is -3.72. The molecule has 0 aliphatic carbocycles. The number of fused-ring (bicyclic) bond motifs is 2. The minimum atomic E-state index is -0.766. The number of anilines is 1. The molecule has 0 fully saturated rings. The van der Waals surface area contributed by atoms with Gasteiger partial charge in [0.1, 0.15) is 22.7 Å². The van der Waals surface area contributed by atoms with Crippen molar-refractivity contribution in [1.82, 2.24) is 19.4 Å². The maximum Gasteiger partial charge on any atom is 0.279 e. The van der Waals surface area contributed by atoms with Gasteiger partial charge in [-0.1, -0.05) is 23.5 Å². The van der Waals surface area contributed by atoms with Gasteiger partial charge in [-0.15, -0.1) is 0 Å². The van der Waals surface area contributed by atoms with Gasteiger partial charge in [0.25, 0.3) is 5.91 Å². The lowest BCUT2D eigenvalue weighted by molar-refractivity contribution is 0.0979. The largest absolute Gasteiger partial charge is 0.295 e. The monoisotopic (exact) mass is 435 g/mol. The zero-order valence-electron chi connectivity index (χ0n) is 16.3. The molecule has 0 spiro atoms. The van der Waals surface area contributed by atoms with Crippen molar-refractivity contribution in [2.45, 2.75) is 13.5 Å². The molecule has 4 aromatic heterocycles. The highest BCUT2D eigenvalue weighted by Gasteiger charge is 2.27. The Morgan fingerprint density at radius 2 is 2.03 bits per heavy atom. The fourth-order valence-electron chi connectivity index (χ4n) is 3.46. The summed E-state index contributed by atoms with van der Waals surface area (Å²) in [5.74, 6) is -1.81. The Labute approximate surface area is 179 Å². The second kappa shape index (κ2) is 7.51. The van der Waals surface area contributed by atoms with E-state index in [-0.39, 0.29) is 23.1 Å². The van der Waals surface area contributed by atoms with Crippen LogP contribution in [0.15, 0.2) is 61.1 Å². The number of hydrogen-bond donors (Lipinski definition) is 0. The molecule has 0 bridgehead atoms. The first-order chi connectivity index (χ1) is 15.0. The minimum Gasteiger partial charge on any atom is -0.295 e. The molecule has 1 amide bonds. The molecule has 6 nitrogen and oxygen atoms in total. The summed E-state index contributed by atoms with van der Waals surface area (Å²) in [4.78, 5) is 28.1. The van der Waals surface area contributed by atoms with E-state index in [1.807, 2.05) is 24.3 Å². The number of benzene rings is 1. The van der Waals surface area contributed by atoms with Crippen molar-refractivity contribution in [3.05, 3.63) is 89.6 Å². The van der Waals surface area contributed by atoms with Gasteiger partial charge in [0.05, 0.1) is 16.9 Å². The molecular formula is C22H15F2N5OS. The van der Waals surface area contributed by atoms with E-state index in [1.165, 1.54) is 11.0 Å². The Morgan fingerprint density at radius 3 is 2.84 bits per heavy atom. The van der Waals surface area contributed by atoms with Crippen LogP contribution in [0, 0.1) is 18.6 Å². The fraction of sp³-hybridized carbons (Fsp3) is 0.0909. The van der Waals surface area contributed by atoms with Crippen LogP contribution in [0.3, 0.4) is 0 Å². The van der Waals surface area contributed by atoms with E-state index >= 15 is 0 Å². The van der Waals surface area contributed by atoms with Crippen molar-refractivity contribution in [3.8, 4) is 0 Å². The number of carbonyl (C=O) groups is 1. The molecule has 0 N–H and O–H groups in total. The second-order valence-electron chi connectivity index (χ2n) is 6.96. The Morgan fingerprint density at radius 1 is 1.16 bits per heavy atom. The number of rotatable bonds is 4. The van der Waals surface area contributed by atoms with Gasteiger partial charge in [0.15, 0.2) is 10.9 Å². The van der Waals surface area contributed by atoms with Crippen LogP contribution in [0.1, 0.15) is 21.7 Å². The van der Waals surface area contributed by atoms with Crippen molar-refractivity contribution < 1.29 is 13.6 Å². The summed E-state index contributed by atoms with van der Waals surface area (Å²) in [6.45, 7) is 1.92. The van der Waals surface area contributed by atoms with Crippen molar-refractivity contribution >= 4 is 38.2 Å². The molecule has 1 aromatic carbocycles. The molecule has 31 heavy (non-hydrogen) atoms. The van der Waals surface area contributed by atoms with E-state index in [2.05, 4.69) is 15.0 Å². The van der Waals surface area contributed by atoms with Crippen LogP contribution in [0.2, 0.25) is 0 Å². The smallest absolute Gasteiger partial charge is 0.279 e. The molecule has 4 heterocycles. The summed E-state index contributed by atoms with van der Waals surface area (Å²) in [5, 5.41) is 0.263. The molecule has 154 valence electrons. The van der Waals surface area contributed by atoms with E-state index in [0.717, 1.165) is 23.0 Å². The first kappa shape index (κ1) is 19.3. The van der Waals surface area contributed by atoms with Gasteiger partial charge >= 0.3 is 0 Å². The van der Waals surface area contributed by atoms with Crippen LogP contribution < -0.4 is 4.90 Å². The average molecular weight is 435 g/mol. The van der Waals surface area contributed by atoms with E-state index in [4.69, 9.17) is 0 Å². The average Bonchev–Trinajstić information content (AvgIpc) is 3.32. The van der Waals surface area contributed by atoms with Crippen molar-refractivity contribution in [1.29, 1.82) is 0 Å². The number of halogens is 2. The number of aryl methyl sites for hydroxylation is 1. The third-order valence-corrected chi connectivity index (χ3v) is 5.87. The molecular weight excluding hydrogens is 420 g/mol. The molecule has 0 saturated heterocycles. The Balaban J connectivity index is 1.66. The minimum absolute atomic E-state index is 0.0280. The zero-order valence-corrected chi connectivity index (χ0v) is 17.1. The van der Waals surface area contributed by atoms with Crippen molar-refractivity contribution in [3.63, 3.8) is 0 Å². The lowest BCUT2D eigenvalue weighted by Crippen LogP contribution is -2.31. The van der Waals surface area contributed by atoms with Gasteiger partial charge < -0.3 is 0 Å². The molecule has 9 heteroatoms. The molecule has 0 radical (unpaired) electrons. The summed E-state index contributed by atoms with van der Waals surface area (Å²) in [6.07, 6.45) is 5.05. The maximum absolute atomic E-state index is 14.3. The standard InChI is InChI=1S/C22H15F2N5OS/c1-13-20(28-8-3-2-6-18(28)26-13)21(30)29(12-14-5-4-7-25-11-14)22-27-19-16(24)9-15(23)10-17(19)31-22/h2-11H,12H2,1H3. The summed E-state index contributed by atoms with van der Waals surface area (Å²) in [7, 11) is 0. The van der Waals surface area contributed by atoms with Gasteiger partial charge in [0.2, 0.25) is 0 Å². The number of nitrogens with zero attached hydrogens (tertiary/aromatic N) is 5. The number of carbonyl (C=O) groups excluding carboxylic acids is 1. The lowest BCUT2D eigenvalue weighted by Gasteiger charge is -2.20. The Kier molecular flexibility index (Phi) is 4.67. The summed E-state index contributed by atoms with van der Waals surface area (Å²) in [6, 6.07) is 11.1. The molecule has 5 rings (SSSR count). The van der Waals surface area contributed by atoms with Crippen LogP contribution in [-0.2, 0) is 6.54 Å². The molecule has 0 atom stereocenters. The normalized spacial score (nSPS) is 11.3. The summed E-state index contributed by atoms with van der Waals surface area (Å²) >= 11 is 1.05. The molecule has 0 unspecified atom stereocenters. The van der Waals surface area contributed by atoms with Crippen LogP contribution in [0.25, 0.3) is 15.9 Å². The van der Waals surface area contributed by atoms with Crippen molar-refractivity contribution in [2.75, 3.05) is 4.90 Å². The molecule has 0 aliphatic rings. The van der Waals surface area contributed by atoms with E-state index in [1.54, 1.807) is 36.0 Å². The predicted octanol–water partition coefficient (Wildman–Crippen LogP) is 4.77. The zero-order chi connectivity index (χ0) is 21.5. The number of aromatic nitrogens is 4. The quantitative estimate of drug-likeness (QED) is 0.408. The number of thiazole rings is 1. The number of hydrogen-bond acceptors (Lipinski definition) is 5. The Bertz CT molecular complexity index is 1430. The van der Waals surface area contributed by atoms with Crippen LogP contribution >= 0.6 is 11.3 Å². The first-order valence-electron chi connectivity index (χ1n) is 9.41. The fourth-order valence-corrected chi connectivity index (χ4v) is 4.46. The van der Waals surface area contributed by atoms with Gasteiger partial charge in [-0.05, 0) is 36.8 Å². The number of imidazole rings is 1. The third-order valence-electron chi connectivity index (χ3n) is 4.85. The van der Waals surface area contributed by atoms with E-state index < -0.39 is 11.6 Å². The van der Waals surface area contributed by atoms with Gasteiger partial charge in [-0.25, -0.2) is 18.7 Å². The van der Waals surface area contributed by atoms with Crippen LogP contribution in [0.4, 0.5) is 13.9 Å². The number of amides is 1. The highest BCUT2D eigenvalue weighted by molar-refractivity contribution is 7.22. The lowest BCUT2D eigenvalue weighted by atomic mass is 10.2. The highest BCUT2D eigenvalue weighted by atomic mass is 32.1. The first-order valence-corrected chi connectivity index (χ1v) is 10.2. The highest BCUT2D eigenvalue weighted by Crippen LogP contribution is 2.33. The van der Waals surface area contributed by atoms with Crippen LogP contribution in [0.5, 0.6) is 0 Å². The topological polar surface area (TPSA) is 63.4 Å². The molecule has 0 aliphatic heterocycles. The van der Waals surface area contributed by atoms with Gasteiger partial charge in [0, 0.05) is 24.7 Å². The number of pyridine rings is 2. The van der Waals surface area contributed by atoms with E-state index in [0.29, 0.717) is 21.7 Å². The van der Waals surface area contributed by atoms with E-state index in [9.17, 15) is 13.6 Å². The maximum atomic E-state index is 14.3. The molecule has 5 aromatic rings. The SMILES string of the molecule is Cc1nc2ccccn2c1C(=O)N(Cc1cccnc1)c1nc2c(F)cc(F)cc2s1. The van der Waals surface area contributed by atoms with Crippen molar-refractivity contribution in [2.24, 2.45) is 0 Å². The second-order valence-corrected chi connectivity index (χ2v) is 7.97. The molecule has 0 saturated carbocycles. The third kappa shape index (κ3) is 3.42. The van der Waals surface area contributed by atoms with Gasteiger partial charge in [-0.3, -0.25) is 19.1 Å². The van der Waals surface area contributed by atoms with Crippen LogP contribution in [-0.4, -0.2) is 25.3 Å². The summed E-state index contributed by atoms with van der Waals surface area (Å²) in [5.41, 5.74) is 2.38.